The third-order valence-corrected chi connectivity index (χ3v) is 6.30. The summed E-state index contributed by atoms with van der Waals surface area (Å²) in [7, 11) is 0. The molecule has 0 saturated heterocycles. The second-order valence-corrected chi connectivity index (χ2v) is 9.10. The van der Waals surface area contributed by atoms with Gasteiger partial charge in [-0.3, -0.25) is 4.79 Å². The number of nitrogens with one attached hydrogen (secondary N) is 1. The van der Waals surface area contributed by atoms with Crippen molar-refractivity contribution in [2.45, 2.75) is 60.0 Å². The zero-order chi connectivity index (χ0) is 24.6. The number of fused-ring (bicyclic) bond motifs is 1. The van der Waals surface area contributed by atoms with Crippen LogP contribution in [0.15, 0.2) is 42.6 Å². The first-order valence-electron chi connectivity index (χ1n) is 11.6. The molecule has 176 valence electrons. The molecule has 0 spiro atoms. The molecule has 0 aliphatic carbocycles. The second-order valence-electron chi connectivity index (χ2n) is 9.10. The molecule has 34 heavy (non-hydrogen) atoms. The van der Waals surface area contributed by atoms with Crippen molar-refractivity contribution in [2.24, 2.45) is 0 Å². The minimum atomic E-state index is -0.234. The van der Waals surface area contributed by atoms with Crippen LogP contribution in [0.1, 0.15) is 77.0 Å². The fraction of sp³-hybridized carbons (Fsp3) is 0.333. The molecule has 1 unspecified atom stereocenters. The maximum Gasteiger partial charge on any atom is 0.254 e. The predicted molar refractivity (Wildman–Crippen MR) is 133 cm³/mol. The smallest absolute Gasteiger partial charge is 0.254 e. The third-order valence-electron chi connectivity index (χ3n) is 6.30. The molecular weight excluding hydrogens is 426 g/mol. The highest BCUT2D eigenvalue weighted by Gasteiger charge is 2.25. The highest BCUT2D eigenvalue weighted by atomic mass is 16.3. The Hall–Kier alpha value is -3.74. The summed E-state index contributed by atoms with van der Waals surface area (Å²) in [6.07, 6.45) is 1.75. The van der Waals surface area contributed by atoms with Gasteiger partial charge in [-0.25, -0.2) is 15.0 Å². The number of pyridine rings is 1. The summed E-state index contributed by atoms with van der Waals surface area (Å²) in [6.45, 7) is 12.1. The van der Waals surface area contributed by atoms with Crippen molar-refractivity contribution >= 4 is 16.9 Å². The van der Waals surface area contributed by atoms with E-state index in [9.17, 15) is 9.90 Å². The molecule has 7 nitrogen and oxygen atoms in total. The average molecular weight is 458 g/mol. The van der Waals surface area contributed by atoms with E-state index >= 15 is 0 Å². The number of hydrogen-bond acceptors (Lipinski definition) is 5. The van der Waals surface area contributed by atoms with Crippen LogP contribution < -0.4 is 5.32 Å². The van der Waals surface area contributed by atoms with Gasteiger partial charge in [-0.15, -0.1) is 0 Å². The summed E-state index contributed by atoms with van der Waals surface area (Å²) >= 11 is 0. The van der Waals surface area contributed by atoms with Crippen molar-refractivity contribution in [1.82, 2.24) is 24.8 Å². The lowest BCUT2D eigenvalue weighted by Crippen LogP contribution is -2.24. The van der Waals surface area contributed by atoms with Gasteiger partial charge in [-0.05, 0) is 44.9 Å². The molecule has 7 heteroatoms. The van der Waals surface area contributed by atoms with Gasteiger partial charge in [0.05, 0.1) is 17.0 Å². The predicted octanol–water partition coefficient (Wildman–Crippen LogP) is 5.12. The zero-order valence-electron chi connectivity index (χ0n) is 20.5. The number of aromatic nitrogens is 4. The third kappa shape index (κ3) is 4.25. The first kappa shape index (κ1) is 23.4. The standard InChI is InChI=1S/C27H31N5O2/c1-15(2)24-28-14-22-23(27(34)29-13-21-16(3)12-17(4)30-26(21)33)19(6)32(25(22)31-24)18(5)20-10-8-7-9-11-20/h7-12,14-15,18H,13H2,1-6H3,(H,29,34)(H,30,33). The van der Waals surface area contributed by atoms with E-state index < -0.39 is 0 Å². The summed E-state index contributed by atoms with van der Waals surface area (Å²) in [4.78, 5) is 27.0. The van der Waals surface area contributed by atoms with E-state index in [1.165, 1.54) is 0 Å². The fourth-order valence-corrected chi connectivity index (χ4v) is 4.46. The van der Waals surface area contributed by atoms with Gasteiger partial charge in [0.2, 0.25) is 5.88 Å². The topological polar surface area (TPSA) is 92.9 Å². The number of amides is 1. The highest BCUT2D eigenvalue weighted by molar-refractivity contribution is 6.07. The summed E-state index contributed by atoms with van der Waals surface area (Å²) in [5, 5.41) is 14.0. The normalized spacial score (nSPS) is 12.3. The van der Waals surface area contributed by atoms with E-state index in [4.69, 9.17) is 4.98 Å². The van der Waals surface area contributed by atoms with Crippen LogP contribution >= 0.6 is 0 Å². The summed E-state index contributed by atoms with van der Waals surface area (Å²) in [5.74, 6) is 0.614. The maximum atomic E-state index is 13.5. The molecule has 4 aromatic rings. The van der Waals surface area contributed by atoms with Crippen molar-refractivity contribution in [2.75, 3.05) is 0 Å². The van der Waals surface area contributed by atoms with Crippen LogP contribution in [0.3, 0.4) is 0 Å². The first-order valence-corrected chi connectivity index (χ1v) is 11.6. The number of carbonyl (C=O) groups is 1. The minimum Gasteiger partial charge on any atom is -0.493 e. The Morgan fingerprint density at radius 1 is 1.09 bits per heavy atom. The Morgan fingerprint density at radius 2 is 1.79 bits per heavy atom. The Morgan fingerprint density at radius 3 is 2.44 bits per heavy atom. The molecule has 3 heterocycles. The van der Waals surface area contributed by atoms with Crippen LogP contribution in [0.4, 0.5) is 0 Å². The van der Waals surface area contributed by atoms with E-state index in [0.29, 0.717) is 16.5 Å². The fourth-order valence-electron chi connectivity index (χ4n) is 4.46. The highest BCUT2D eigenvalue weighted by Crippen LogP contribution is 2.31. The largest absolute Gasteiger partial charge is 0.493 e. The van der Waals surface area contributed by atoms with Crippen LogP contribution in [0.25, 0.3) is 11.0 Å². The molecule has 0 aliphatic heterocycles. The molecule has 1 amide bonds. The van der Waals surface area contributed by atoms with E-state index in [1.807, 2.05) is 45.0 Å². The van der Waals surface area contributed by atoms with E-state index in [2.05, 4.69) is 52.8 Å². The minimum absolute atomic E-state index is 0.0206. The number of rotatable bonds is 6. The number of aromatic hydroxyl groups is 1. The van der Waals surface area contributed by atoms with Crippen molar-refractivity contribution in [3.63, 3.8) is 0 Å². The number of nitrogens with zero attached hydrogens (tertiary/aromatic N) is 4. The van der Waals surface area contributed by atoms with Gasteiger partial charge in [0.1, 0.15) is 11.5 Å². The Kier molecular flexibility index (Phi) is 6.37. The Balaban J connectivity index is 1.78. The van der Waals surface area contributed by atoms with Gasteiger partial charge >= 0.3 is 0 Å². The summed E-state index contributed by atoms with van der Waals surface area (Å²) in [5.41, 5.74) is 5.46. The molecule has 4 rings (SSSR count). The van der Waals surface area contributed by atoms with E-state index in [1.54, 1.807) is 6.20 Å². The second kappa shape index (κ2) is 9.25. The first-order chi connectivity index (χ1) is 16.2. The molecule has 0 saturated carbocycles. The molecule has 1 atom stereocenters. The van der Waals surface area contributed by atoms with Gasteiger partial charge < -0.3 is 15.0 Å². The summed E-state index contributed by atoms with van der Waals surface area (Å²) in [6, 6.07) is 12.0. The lowest BCUT2D eigenvalue weighted by atomic mass is 10.1. The molecule has 0 aliphatic rings. The quantitative estimate of drug-likeness (QED) is 0.419. The zero-order valence-corrected chi connectivity index (χ0v) is 20.5. The van der Waals surface area contributed by atoms with Gasteiger partial charge in [-0.1, -0.05) is 44.2 Å². The monoisotopic (exact) mass is 457 g/mol. The van der Waals surface area contributed by atoms with Gasteiger partial charge in [0.25, 0.3) is 5.91 Å². The number of benzene rings is 1. The van der Waals surface area contributed by atoms with Crippen LogP contribution in [0.5, 0.6) is 5.88 Å². The van der Waals surface area contributed by atoms with Crippen LogP contribution in [0, 0.1) is 20.8 Å². The molecule has 0 bridgehead atoms. The van der Waals surface area contributed by atoms with Crippen LogP contribution in [0.2, 0.25) is 0 Å². The van der Waals surface area contributed by atoms with Gasteiger partial charge in [0.15, 0.2) is 0 Å². The molecule has 0 radical (unpaired) electrons. The Labute approximate surface area is 199 Å². The van der Waals surface area contributed by atoms with Gasteiger partial charge in [0, 0.05) is 35.6 Å². The number of carbonyl (C=O) groups excluding carboxylic acids is 1. The van der Waals surface area contributed by atoms with Gasteiger partial charge in [-0.2, -0.15) is 0 Å². The summed E-state index contributed by atoms with van der Waals surface area (Å²) < 4.78 is 2.11. The molecule has 0 fully saturated rings. The molecule has 3 aromatic heterocycles. The van der Waals surface area contributed by atoms with E-state index in [0.717, 1.165) is 34.0 Å². The lowest BCUT2D eigenvalue weighted by Gasteiger charge is -2.18. The lowest BCUT2D eigenvalue weighted by molar-refractivity contribution is 0.0951. The number of aryl methyl sites for hydroxylation is 2. The van der Waals surface area contributed by atoms with Crippen molar-refractivity contribution < 1.29 is 9.90 Å². The number of hydrogen-bond donors (Lipinski definition) is 2. The van der Waals surface area contributed by atoms with Crippen LogP contribution in [-0.4, -0.2) is 30.5 Å². The average Bonchev–Trinajstić information content (AvgIpc) is 3.09. The van der Waals surface area contributed by atoms with E-state index in [-0.39, 0.29) is 30.3 Å². The molecular formula is C27H31N5O2. The molecule has 1 aromatic carbocycles. The SMILES string of the molecule is Cc1cc(C)c(CNC(=O)c2c(C)n(C(C)c3ccccc3)c3nc(C(C)C)ncc23)c(O)n1. The maximum absolute atomic E-state index is 13.5. The van der Waals surface area contributed by atoms with Crippen molar-refractivity contribution in [1.29, 1.82) is 0 Å². The Bertz CT molecular complexity index is 1340. The molecule has 2 N–H and O–H groups in total. The van der Waals surface area contributed by atoms with Crippen molar-refractivity contribution in [3.8, 4) is 5.88 Å². The van der Waals surface area contributed by atoms with Crippen LogP contribution in [-0.2, 0) is 6.54 Å². The van der Waals surface area contributed by atoms with Crippen molar-refractivity contribution in [3.05, 3.63) is 82.1 Å².